The van der Waals surface area contributed by atoms with Crippen molar-refractivity contribution in [1.82, 2.24) is 0 Å². The first-order valence-corrected chi connectivity index (χ1v) is 17.3. The van der Waals surface area contributed by atoms with Gasteiger partial charge in [-0.25, -0.2) is 0 Å². The van der Waals surface area contributed by atoms with Gasteiger partial charge >= 0.3 is 0 Å². The monoisotopic (exact) mass is 633 g/mol. The smallest absolute Gasteiger partial charge is 0.190 e. The Labute approximate surface area is 289 Å². The van der Waals surface area contributed by atoms with E-state index in [2.05, 4.69) is 177 Å². The molecule has 0 fully saturated rings. The highest BCUT2D eigenvalue weighted by molar-refractivity contribution is 6.18. The highest BCUT2D eigenvalue weighted by atomic mass is 16.1. The lowest BCUT2D eigenvalue weighted by molar-refractivity contribution is 0.0977. The van der Waals surface area contributed by atoms with Gasteiger partial charge in [0.1, 0.15) is 6.04 Å². The molecule has 0 radical (unpaired) electrons. The molecular formula is C47H39NO. The first kappa shape index (κ1) is 30.6. The number of hydrogen-bond acceptors (Lipinski definition) is 2. The van der Waals surface area contributed by atoms with Crippen molar-refractivity contribution in [3.8, 4) is 0 Å². The Hall–Kier alpha value is -5.73. The molecule has 7 aromatic carbocycles. The number of carbonyl (C=O) groups excluding carboxylic acids is 1. The Morgan fingerprint density at radius 2 is 0.918 bits per heavy atom. The van der Waals surface area contributed by atoms with Gasteiger partial charge in [-0.3, -0.25) is 4.79 Å². The lowest BCUT2D eigenvalue weighted by Crippen LogP contribution is -2.21. The van der Waals surface area contributed by atoms with Gasteiger partial charge in [0.2, 0.25) is 0 Å². The fourth-order valence-corrected chi connectivity index (χ4v) is 7.75. The van der Waals surface area contributed by atoms with Crippen molar-refractivity contribution < 1.29 is 4.79 Å². The van der Waals surface area contributed by atoms with E-state index < -0.39 is 6.04 Å². The summed E-state index contributed by atoms with van der Waals surface area (Å²) in [7, 11) is 0. The summed E-state index contributed by atoms with van der Waals surface area (Å²) in [4.78, 5) is 14.4. The second kappa shape index (κ2) is 13.1. The van der Waals surface area contributed by atoms with E-state index in [4.69, 9.17) is 0 Å². The van der Waals surface area contributed by atoms with Crippen molar-refractivity contribution in [2.45, 2.75) is 37.6 Å². The molecule has 0 bridgehead atoms. The zero-order chi connectivity index (χ0) is 33.3. The molecule has 1 N–H and O–H groups in total. The van der Waals surface area contributed by atoms with Gasteiger partial charge in [0.25, 0.3) is 0 Å². The van der Waals surface area contributed by atoms with Crippen LogP contribution in [0.3, 0.4) is 0 Å². The number of carbonyl (C=O) groups is 1. The maximum absolute atomic E-state index is 14.4. The van der Waals surface area contributed by atoms with E-state index in [0.29, 0.717) is 0 Å². The molecule has 49 heavy (non-hydrogen) atoms. The zero-order valence-electron chi connectivity index (χ0n) is 27.9. The van der Waals surface area contributed by atoms with Crippen LogP contribution in [0, 0.1) is 0 Å². The molecule has 0 aromatic heterocycles. The first-order valence-electron chi connectivity index (χ1n) is 17.3. The maximum atomic E-state index is 14.4. The van der Waals surface area contributed by atoms with Gasteiger partial charge in [0.05, 0.1) is 0 Å². The number of benzene rings is 7. The van der Waals surface area contributed by atoms with Crippen LogP contribution in [0.4, 0.5) is 5.69 Å². The van der Waals surface area contributed by atoms with Gasteiger partial charge in [0.15, 0.2) is 5.78 Å². The molecule has 1 atom stereocenters. The number of ketones is 1. The normalized spacial score (nSPS) is 13.9. The molecule has 7 aromatic rings. The minimum absolute atomic E-state index is 0.0655. The number of Topliss-reactive ketones (excluding diaryl/α,β-unsaturated/α-hetero) is 1. The Morgan fingerprint density at radius 3 is 1.35 bits per heavy atom. The van der Waals surface area contributed by atoms with Crippen LogP contribution in [-0.2, 0) is 0 Å². The van der Waals surface area contributed by atoms with Gasteiger partial charge in [0, 0.05) is 23.1 Å². The van der Waals surface area contributed by atoms with Gasteiger partial charge in [-0.1, -0.05) is 184 Å². The van der Waals surface area contributed by atoms with E-state index in [-0.39, 0.29) is 23.5 Å². The van der Waals surface area contributed by atoms with Crippen LogP contribution >= 0.6 is 0 Å². The molecule has 0 saturated carbocycles. The zero-order valence-corrected chi connectivity index (χ0v) is 27.9. The summed E-state index contributed by atoms with van der Waals surface area (Å²) in [6, 6.07) is 59.8. The van der Waals surface area contributed by atoms with Gasteiger partial charge in [-0.05, 0) is 61.2 Å². The molecule has 0 heterocycles. The van der Waals surface area contributed by atoms with Crippen LogP contribution < -0.4 is 5.32 Å². The maximum Gasteiger partial charge on any atom is 0.190 e. The van der Waals surface area contributed by atoms with E-state index in [9.17, 15) is 4.79 Å². The van der Waals surface area contributed by atoms with Crippen LogP contribution in [0.15, 0.2) is 170 Å². The summed E-state index contributed by atoms with van der Waals surface area (Å²) in [5.41, 5.74) is 11.3. The third-order valence-corrected chi connectivity index (χ3v) is 10.1. The molecule has 8 rings (SSSR count). The molecule has 238 valence electrons. The predicted molar refractivity (Wildman–Crippen MR) is 203 cm³/mol. The molecule has 0 amide bonds. The van der Waals surface area contributed by atoms with Crippen LogP contribution in [0.5, 0.6) is 0 Å². The average molecular weight is 634 g/mol. The van der Waals surface area contributed by atoms with E-state index in [0.717, 1.165) is 27.6 Å². The Morgan fingerprint density at radius 1 is 0.490 bits per heavy atom. The summed E-state index contributed by atoms with van der Waals surface area (Å²) in [6.45, 7) is 4.54. The topological polar surface area (TPSA) is 29.1 Å². The molecule has 1 unspecified atom stereocenters. The highest BCUT2D eigenvalue weighted by Gasteiger charge is 2.36. The SMILES string of the molecule is CC(C)c1cc(C(c2ccccc2)c2ccccc2)c(NC2C(=O)c3cccc4cccc2c34)c(C(c2ccccc2)c2ccccc2)c1. The van der Waals surface area contributed by atoms with Crippen molar-refractivity contribution in [3.63, 3.8) is 0 Å². The van der Waals surface area contributed by atoms with Crippen LogP contribution in [0.25, 0.3) is 10.8 Å². The molecule has 1 aliphatic carbocycles. The van der Waals surface area contributed by atoms with E-state index in [1.807, 2.05) is 12.1 Å². The van der Waals surface area contributed by atoms with E-state index >= 15 is 0 Å². The van der Waals surface area contributed by atoms with Crippen molar-refractivity contribution in [2.24, 2.45) is 0 Å². The molecule has 0 spiro atoms. The van der Waals surface area contributed by atoms with Crippen molar-refractivity contribution in [3.05, 3.63) is 220 Å². The van der Waals surface area contributed by atoms with E-state index in [1.54, 1.807) is 0 Å². The third kappa shape index (κ3) is 5.64. The molecule has 2 heteroatoms. The second-order valence-corrected chi connectivity index (χ2v) is 13.4. The second-order valence-electron chi connectivity index (χ2n) is 13.4. The van der Waals surface area contributed by atoms with Gasteiger partial charge < -0.3 is 5.32 Å². The summed E-state index contributed by atoms with van der Waals surface area (Å²) in [6.07, 6.45) is 0. The summed E-state index contributed by atoms with van der Waals surface area (Å²) >= 11 is 0. The lowest BCUT2D eigenvalue weighted by atomic mass is 9.77. The number of rotatable bonds is 9. The van der Waals surface area contributed by atoms with Crippen molar-refractivity contribution in [1.29, 1.82) is 0 Å². The Balaban J connectivity index is 1.45. The fraction of sp³-hybridized carbons (Fsp3) is 0.128. The largest absolute Gasteiger partial charge is 0.371 e. The summed E-state index contributed by atoms with van der Waals surface area (Å²) in [5, 5.41) is 6.14. The predicted octanol–water partition coefficient (Wildman–Crippen LogP) is 11.7. The van der Waals surface area contributed by atoms with Crippen LogP contribution in [0.1, 0.15) is 92.5 Å². The Kier molecular flexibility index (Phi) is 8.15. The Bertz CT molecular complexity index is 2050. The van der Waals surface area contributed by atoms with E-state index in [1.165, 1.54) is 38.9 Å². The van der Waals surface area contributed by atoms with Crippen molar-refractivity contribution >= 4 is 22.2 Å². The van der Waals surface area contributed by atoms with Gasteiger partial charge in [-0.15, -0.1) is 0 Å². The van der Waals surface area contributed by atoms with Gasteiger partial charge in [-0.2, -0.15) is 0 Å². The summed E-state index contributed by atoms with van der Waals surface area (Å²) < 4.78 is 0. The lowest BCUT2D eigenvalue weighted by Gasteiger charge is -2.31. The van der Waals surface area contributed by atoms with Crippen LogP contribution in [-0.4, -0.2) is 5.78 Å². The minimum Gasteiger partial charge on any atom is -0.371 e. The number of hydrogen-bond donors (Lipinski definition) is 1. The standard InChI is InChI=1S/C47H39NO/c1-31(2)37-29-40(42(32-17-7-3-8-18-32)33-19-9-4-10-20-33)45(48-46-38-27-15-25-36-26-16-28-39(44(36)38)47(46)49)41(30-37)43(34-21-11-5-12-22-34)35-23-13-6-14-24-35/h3-31,42-43,46,48H,1-2H3. The highest BCUT2D eigenvalue weighted by Crippen LogP contribution is 2.48. The van der Waals surface area contributed by atoms with Crippen LogP contribution in [0.2, 0.25) is 0 Å². The average Bonchev–Trinajstić information content (AvgIpc) is 3.42. The molecule has 0 saturated heterocycles. The molecule has 0 aliphatic heterocycles. The fourth-order valence-electron chi connectivity index (χ4n) is 7.75. The molecular weight excluding hydrogens is 595 g/mol. The van der Waals surface area contributed by atoms with Crippen molar-refractivity contribution in [2.75, 3.05) is 5.32 Å². The first-order chi connectivity index (χ1) is 24.1. The number of anilines is 1. The summed E-state index contributed by atoms with van der Waals surface area (Å²) in [5.74, 6) is 0.272. The quantitative estimate of drug-likeness (QED) is 0.160. The molecule has 1 aliphatic rings. The third-order valence-electron chi connectivity index (χ3n) is 10.1. The molecule has 2 nitrogen and oxygen atoms in total. The number of nitrogens with one attached hydrogen (secondary N) is 1. The minimum atomic E-state index is -0.511.